The Bertz CT molecular complexity index is 1340. The number of hydrogen-bond acceptors (Lipinski definition) is 2. The fourth-order valence-corrected chi connectivity index (χ4v) is 4.17. The Labute approximate surface area is 182 Å². The van der Waals surface area contributed by atoms with Crippen LogP contribution in [0.15, 0.2) is 72.8 Å². The maximum atomic E-state index is 14.2. The lowest BCUT2D eigenvalue weighted by Crippen LogP contribution is -2.08. The Morgan fingerprint density at radius 3 is 1.88 bits per heavy atom. The van der Waals surface area contributed by atoms with Gasteiger partial charge in [0, 0.05) is 46.0 Å². The van der Waals surface area contributed by atoms with E-state index in [4.69, 9.17) is 0 Å². The number of benzene rings is 2. The molecular formula is C26H18F4N2. The quantitative estimate of drug-likeness (QED) is 0.330. The smallest absolute Gasteiger partial charge is 0.135 e. The summed E-state index contributed by atoms with van der Waals surface area (Å²) in [5.41, 5.74) is 2.59. The maximum Gasteiger partial charge on any atom is 0.135 e. The molecule has 1 aliphatic rings. The van der Waals surface area contributed by atoms with E-state index in [-0.39, 0.29) is 22.5 Å². The van der Waals surface area contributed by atoms with Gasteiger partial charge in [0.2, 0.25) is 0 Å². The van der Waals surface area contributed by atoms with E-state index in [9.17, 15) is 17.6 Å². The molecule has 1 saturated carbocycles. The van der Waals surface area contributed by atoms with Gasteiger partial charge in [-0.15, -0.1) is 0 Å². The van der Waals surface area contributed by atoms with E-state index in [0.29, 0.717) is 11.4 Å². The number of halogens is 4. The topological polar surface area (TPSA) is 25.8 Å². The molecule has 2 aromatic carbocycles. The number of rotatable bonds is 4. The van der Waals surface area contributed by atoms with Gasteiger partial charge >= 0.3 is 0 Å². The first-order valence-electron chi connectivity index (χ1n) is 10.2. The van der Waals surface area contributed by atoms with Crippen LogP contribution >= 0.6 is 0 Å². The van der Waals surface area contributed by atoms with Gasteiger partial charge in [0.1, 0.15) is 23.3 Å². The normalized spacial score (nSPS) is 19.7. The molecular weight excluding hydrogens is 416 g/mol. The summed E-state index contributed by atoms with van der Waals surface area (Å²) in [4.78, 5) is 9.28. The lowest BCUT2D eigenvalue weighted by molar-refractivity contribution is 0.584. The third-order valence-electron chi connectivity index (χ3n) is 6.11. The largest absolute Gasteiger partial charge is 0.252 e. The lowest BCUT2D eigenvalue weighted by Gasteiger charge is -2.13. The summed E-state index contributed by atoms with van der Waals surface area (Å²) in [5.74, 6) is -2.56. The van der Waals surface area contributed by atoms with Crippen LogP contribution < -0.4 is 0 Å². The molecule has 160 valence electrons. The van der Waals surface area contributed by atoms with Crippen molar-refractivity contribution in [3.63, 3.8) is 0 Å². The average molecular weight is 434 g/mol. The second-order valence-corrected chi connectivity index (χ2v) is 8.28. The molecule has 5 rings (SSSR count). The number of aromatic nitrogens is 2. The molecule has 2 heterocycles. The van der Waals surface area contributed by atoms with Crippen LogP contribution in [0.5, 0.6) is 0 Å². The van der Waals surface area contributed by atoms with Crippen molar-refractivity contribution in [2.45, 2.75) is 24.7 Å². The lowest BCUT2D eigenvalue weighted by atomic mass is 9.98. The first-order valence-corrected chi connectivity index (χ1v) is 10.2. The van der Waals surface area contributed by atoms with E-state index in [1.807, 2.05) is 12.1 Å². The van der Waals surface area contributed by atoms with E-state index < -0.39 is 23.3 Å². The van der Waals surface area contributed by atoms with Gasteiger partial charge in [0.05, 0.1) is 11.4 Å². The zero-order valence-corrected chi connectivity index (χ0v) is 17.1. The van der Waals surface area contributed by atoms with E-state index >= 15 is 0 Å². The molecule has 32 heavy (non-hydrogen) atoms. The predicted octanol–water partition coefficient (Wildman–Crippen LogP) is 6.81. The second kappa shape index (κ2) is 7.55. The minimum absolute atomic E-state index is 0.0479. The van der Waals surface area contributed by atoms with Crippen molar-refractivity contribution in [1.82, 2.24) is 9.97 Å². The van der Waals surface area contributed by atoms with Crippen LogP contribution in [0.1, 0.15) is 30.7 Å². The summed E-state index contributed by atoms with van der Waals surface area (Å²) in [5, 5.41) is 0. The average Bonchev–Trinajstić information content (AvgIpc) is 3.47. The zero-order valence-electron chi connectivity index (χ0n) is 17.1. The summed E-state index contributed by atoms with van der Waals surface area (Å²) in [6.45, 7) is 2.05. The molecule has 0 amide bonds. The van der Waals surface area contributed by atoms with Crippen LogP contribution in [0, 0.1) is 23.3 Å². The highest BCUT2D eigenvalue weighted by molar-refractivity contribution is 5.62. The molecule has 1 aliphatic carbocycles. The van der Waals surface area contributed by atoms with E-state index in [0.717, 1.165) is 29.9 Å². The zero-order chi connectivity index (χ0) is 22.5. The highest BCUT2D eigenvalue weighted by atomic mass is 19.1. The van der Waals surface area contributed by atoms with Gasteiger partial charge in [-0.2, -0.15) is 0 Å². The standard InChI is InChI=1S/C26H18F4N2/c1-26(25-7-3-5-23(32-25)18-11-9-16(28)13-21(18)30)14-19(26)24-6-2-4-22(31-24)17-10-8-15(27)12-20(17)29/h2-13,19H,14H2,1H3. The molecule has 0 N–H and O–H groups in total. The van der Waals surface area contributed by atoms with Crippen LogP contribution in [0.3, 0.4) is 0 Å². The monoisotopic (exact) mass is 434 g/mol. The third-order valence-corrected chi connectivity index (χ3v) is 6.11. The SMILES string of the molecule is CC1(c2cccc(-c3ccc(F)cc3F)n2)CC1c1cccc(-c2ccc(F)cc2F)n1. The molecule has 2 nitrogen and oxygen atoms in total. The molecule has 2 atom stereocenters. The molecule has 2 unspecified atom stereocenters. The van der Waals surface area contributed by atoms with Gasteiger partial charge in [0.25, 0.3) is 0 Å². The first kappa shape index (κ1) is 20.4. The molecule has 6 heteroatoms. The van der Waals surface area contributed by atoms with Crippen LogP contribution in [-0.4, -0.2) is 9.97 Å². The van der Waals surface area contributed by atoms with Gasteiger partial charge in [0.15, 0.2) is 0 Å². The van der Waals surface area contributed by atoms with Crippen LogP contribution in [0.25, 0.3) is 22.5 Å². The molecule has 4 aromatic rings. The van der Waals surface area contributed by atoms with Crippen LogP contribution in [0.4, 0.5) is 17.6 Å². The van der Waals surface area contributed by atoms with Gasteiger partial charge in [-0.3, -0.25) is 9.97 Å². The number of hydrogen-bond donors (Lipinski definition) is 0. The first-order chi connectivity index (χ1) is 15.3. The minimum Gasteiger partial charge on any atom is -0.252 e. The van der Waals surface area contributed by atoms with Crippen molar-refractivity contribution >= 4 is 0 Å². The molecule has 0 bridgehead atoms. The summed E-state index contributed by atoms with van der Waals surface area (Å²) >= 11 is 0. The molecule has 0 radical (unpaired) electrons. The van der Waals surface area contributed by atoms with Crippen molar-refractivity contribution in [2.75, 3.05) is 0 Å². The van der Waals surface area contributed by atoms with E-state index in [1.54, 1.807) is 24.3 Å². The van der Waals surface area contributed by atoms with Gasteiger partial charge in [-0.25, -0.2) is 17.6 Å². The Morgan fingerprint density at radius 1 is 0.719 bits per heavy atom. The Balaban J connectivity index is 1.46. The second-order valence-electron chi connectivity index (χ2n) is 8.28. The van der Waals surface area contributed by atoms with Crippen molar-refractivity contribution in [3.05, 3.63) is 107 Å². The van der Waals surface area contributed by atoms with Crippen molar-refractivity contribution in [1.29, 1.82) is 0 Å². The Kier molecular flexibility index (Phi) is 4.81. The van der Waals surface area contributed by atoms with Gasteiger partial charge in [-0.05, 0) is 55.0 Å². The maximum absolute atomic E-state index is 14.2. The van der Waals surface area contributed by atoms with E-state index in [2.05, 4.69) is 16.9 Å². The van der Waals surface area contributed by atoms with E-state index in [1.165, 1.54) is 24.3 Å². The van der Waals surface area contributed by atoms with Gasteiger partial charge < -0.3 is 0 Å². The Morgan fingerprint density at radius 2 is 1.28 bits per heavy atom. The highest BCUT2D eigenvalue weighted by Crippen LogP contribution is 2.59. The fraction of sp³-hybridized carbons (Fsp3) is 0.154. The summed E-state index contributed by atoms with van der Waals surface area (Å²) < 4.78 is 55.0. The summed E-state index contributed by atoms with van der Waals surface area (Å²) in [6.07, 6.45) is 0.776. The van der Waals surface area contributed by atoms with Gasteiger partial charge in [-0.1, -0.05) is 19.1 Å². The summed E-state index contributed by atoms with van der Waals surface area (Å²) in [6, 6.07) is 17.6. The minimum atomic E-state index is -0.664. The van der Waals surface area contributed by atoms with Crippen LogP contribution in [0.2, 0.25) is 0 Å². The number of pyridine rings is 2. The van der Waals surface area contributed by atoms with Crippen molar-refractivity contribution in [2.24, 2.45) is 0 Å². The molecule has 1 fully saturated rings. The highest BCUT2D eigenvalue weighted by Gasteiger charge is 2.54. The van der Waals surface area contributed by atoms with Crippen molar-refractivity contribution in [3.8, 4) is 22.5 Å². The molecule has 0 spiro atoms. The number of nitrogens with zero attached hydrogens (tertiary/aromatic N) is 2. The third kappa shape index (κ3) is 3.55. The van der Waals surface area contributed by atoms with Crippen molar-refractivity contribution < 1.29 is 17.6 Å². The molecule has 2 aromatic heterocycles. The molecule has 0 saturated heterocycles. The Hall–Kier alpha value is -3.54. The summed E-state index contributed by atoms with van der Waals surface area (Å²) in [7, 11) is 0. The molecule has 0 aliphatic heterocycles. The van der Waals surface area contributed by atoms with Crippen LogP contribution in [-0.2, 0) is 5.41 Å². The fourth-order valence-electron chi connectivity index (χ4n) is 4.17. The predicted molar refractivity (Wildman–Crippen MR) is 114 cm³/mol.